The second-order valence-corrected chi connectivity index (χ2v) is 6.31. The van der Waals surface area contributed by atoms with Crippen molar-refractivity contribution in [1.29, 1.82) is 0 Å². The number of hydrogen-bond donors (Lipinski definition) is 1. The third-order valence-corrected chi connectivity index (χ3v) is 4.63. The van der Waals surface area contributed by atoms with Gasteiger partial charge in [0.2, 0.25) is 10.0 Å². The molecule has 3 nitrogen and oxygen atoms in total. The van der Waals surface area contributed by atoms with Gasteiger partial charge in [0.15, 0.2) is 0 Å². The highest BCUT2D eigenvalue weighted by Crippen LogP contribution is 2.31. The summed E-state index contributed by atoms with van der Waals surface area (Å²) in [4.78, 5) is 0. The van der Waals surface area contributed by atoms with Crippen LogP contribution in [-0.2, 0) is 22.7 Å². The van der Waals surface area contributed by atoms with E-state index in [2.05, 4.69) is 20.7 Å². The largest absolute Gasteiger partial charge is 0.416 e. The van der Waals surface area contributed by atoms with Gasteiger partial charge < -0.3 is 0 Å². The molecule has 0 aliphatic rings. The Labute approximate surface area is 105 Å². The number of sulfonamides is 1. The molecule has 1 aromatic rings. The summed E-state index contributed by atoms with van der Waals surface area (Å²) in [6, 6.07) is 4.83. The van der Waals surface area contributed by atoms with E-state index in [0.717, 1.165) is 6.07 Å². The number of alkyl halides is 4. The fourth-order valence-corrected chi connectivity index (χ4v) is 2.12. The van der Waals surface area contributed by atoms with Crippen LogP contribution in [0.3, 0.4) is 0 Å². The molecule has 0 spiro atoms. The van der Waals surface area contributed by atoms with E-state index in [4.69, 9.17) is 0 Å². The first-order valence-electron chi connectivity index (χ1n) is 4.44. The van der Waals surface area contributed by atoms with E-state index >= 15 is 0 Å². The summed E-state index contributed by atoms with van der Waals surface area (Å²) in [6.45, 7) is -0.385. The summed E-state index contributed by atoms with van der Waals surface area (Å²) >= 11 is 2.73. The summed E-state index contributed by atoms with van der Waals surface area (Å²) < 4.78 is 61.6. The molecule has 1 rings (SSSR count). The normalized spacial score (nSPS) is 12.7. The topological polar surface area (TPSA) is 46.2 Å². The van der Waals surface area contributed by atoms with Crippen LogP contribution in [0.2, 0.25) is 0 Å². The van der Waals surface area contributed by atoms with Gasteiger partial charge in [0.25, 0.3) is 0 Å². The number of halogens is 4. The van der Waals surface area contributed by atoms with Gasteiger partial charge in [-0.25, -0.2) is 13.1 Å². The molecule has 0 fully saturated rings. The van der Waals surface area contributed by atoms with E-state index in [-0.39, 0.29) is 16.8 Å². The average Bonchev–Trinajstić information content (AvgIpc) is 2.26. The molecule has 17 heavy (non-hydrogen) atoms. The van der Waals surface area contributed by atoms with Gasteiger partial charge in [-0.2, -0.15) is 13.2 Å². The van der Waals surface area contributed by atoms with E-state index in [1.54, 1.807) is 0 Å². The van der Waals surface area contributed by atoms with Crippen LogP contribution in [0.1, 0.15) is 11.1 Å². The van der Waals surface area contributed by atoms with Crippen LogP contribution in [0.4, 0.5) is 13.2 Å². The van der Waals surface area contributed by atoms with Crippen molar-refractivity contribution in [3.05, 3.63) is 35.4 Å². The van der Waals surface area contributed by atoms with Crippen LogP contribution < -0.4 is 4.72 Å². The van der Waals surface area contributed by atoms with E-state index < -0.39 is 21.8 Å². The van der Waals surface area contributed by atoms with Gasteiger partial charge in [0.05, 0.1) is 5.56 Å². The maximum atomic E-state index is 12.6. The number of rotatable bonds is 4. The number of benzene rings is 1. The van der Waals surface area contributed by atoms with Crippen LogP contribution in [-0.4, -0.2) is 13.1 Å². The molecular formula is C9H9BrF3NO2S. The zero-order chi connectivity index (χ0) is 13.1. The summed E-state index contributed by atoms with van der Waals surface area (Å²) in [5, 5.41) is 0. The Kier molecular flexibility index (Phi) is 4.56. The van der Waals surface area contributed by atoms with Crippen molar-refractivity contribution in [2.45, 2.75) is 12.7 Å². The third-order valence-electron chi connectivity index (χ3n) is 1.95. The first-order valence-corrected chi connectivity index (χ1v) is 7.22. The lowest BCUT2D eigenvalue weighted by Gasteiger charge is -2.12. The zero-order valence-electron chi connectivity index (χ0n) is 8.46. The minimum absolute atomic E-state index is 0.107. The summed E-state index contributed by atoms with van der Waals surface area (Å²) in [6.07, 6.45) is -4.49. The number of nitrogens with one attached hydrogen (secondary N) is 1. The molecule has 0 aliphatic heterocycles. The van der Waals surface area contributed by atoms with E-state index in [1.807, 2.05) is 0 Å². The van der Waals surface area contributed by atoms with Crippen LogP contribution in [0.25, 0.3) is 0 Å². The first-order chi connectivity index (χ1) is 7.76. The Balaban J connectivity index is 2.93. The van der Waals surface area contributed by atoms with Crippen molar-refractivity contribution >= 4 is 26.0 Å². The van der Waals surface area contributed by atoms with Gasteiger partial charge in [-0.1, -0.05) is 34.1 Å². The molecule has 1 N–H and O–H groups in total. The molecule has 0 atom stereocenters. The lowest BCUT2D eigenvalue weighted by atomic mass is 10.1. The quantitative estimate of drug-likeness (QED) is 0.861. The molecule has 0 unspecified atom stereocenters. The smallest absolute Gasteiger partial charge is 0.212 e. The van der Waals surface area contributed by atoms with Crippen molar-refractivity contribution < 1.29 is 21.6 Å². The fraction of sp³-hybridized carbons (Fsp3) is 0.333. The monoisotopic (exact) mass is 331 g/mol. The summed E-state index contributed by atoms with van der Waals surface area (Å²) in [5.41, 5.74) is -0.943. The minimum atomic E-state index is -4.49. The zero-order valence-corrected chi connectivity index (χ0v) is 10.9. The summed E-state index contributed by atoms with van der Waals surface area (Å²) in [5.74, 6) is 0. The van der Waals surface area contributed by atoms with Crippen LogP contribution in [0, 0.1) is 0 Å². The van der Waals surface area contributed by atoms with E-state index in [0.29, 0.717) is 0 Å². The lowest BCUT2D eigenvalue weighted by molar-refractivity contribution is -0.138. The Morgan fingerprint density at radius 2 is 1.82 bits per heavy atom. The molecule has 8 heteroatoms. The Morgan fingerprint density at radius 3 is 2.35 bits per heavy atom. The Hall–Kier alpha value is -0.600. The van der Waals surface area contributed by atoms with E-state index in [1.165, 1.54) is 18.2 Å². The maximum Gasteiger partial charge on any atom is 0.416 e. The van der Waals surface area contributed by atoms with Gasteiger partial charge in [0.1, 0.15) is 4.66 Å². The molecule has 1 aromatic carbocycles. The molecule has 0 bridgehead atoms. The van der Waals surface area contributed by atoms with Gasteiger partial charge >= 0.3 is 6.18 Å². The van der Waals surface area contributed by atoms with Crippen molar-refractivity contribution in [2.75, 3.05) is 4.66 Å². The van der Waals surface area contributed by atoms with Crippen molar-refractivity contribution in [3.63, 3.8) is 0 Å². The predicted molar refractivity (Wildman–Crippen MR) is 61.0 cm³/mol. The van der Waals surface area contributed by atoms with Crippen LogP contribution in [0.15, 0.2) is 24.3 Å². The molecular weight excluding hydrogens is 323 g/mol. The standard InChI is InChI=1S/C9H9BrF3NO2S/c10-6-17(15,16)14-5-7-3-1-2-4-8(7)9(11,12)13/h1-4,14H,5-6H2. The molecule has 0 aromatic heterocycles. The predicted octanol–water partition coefficient (Wildman–Crippen LogP) is 2.48. The second-order valence-electron chi connectivity index (χ2n) is 3.20. The molecule has 0 radical (unpaired) electrons. The molecule has 96 valence electrons. The van der Waals surface area contributed by atoms with Crippen molar-refractivity contribution in [3.8, 4) is 0 Å². The SMILES string of the molecule is O=S(=O)(CBr)NCc1ccccc1C(F)(F)F. The van der Waals surface area contributed by atoms with Crippen LogP contribution >= 0.6 is 15.9 Å². The summed E-state index contributed by atoms with van der Waals surface area (Å²) in [7, 11) is -3.58. The lowest BCUT2D eigenvalue weighted by Crippen LogP contribution is -2.25. The van der Waals surface area contributed by atoms with Gasteiger partial charge in [-0.05, 0) is 11.6 Å². The highest BCUT2D eigenvalue weighted by Gasteiger charge is 2.32. The molecule has 0 saturated heterocycles. The highest BCUT2D eigenvalue weighted by atomic mass is 79.9. The van der Waals surface area contributed by atoms with Gasteiger partial charge in [0, 0.05) is 6.54 Å². The molecule has 0 heterocycles. The van der Waals surface area contributed by atoms with Crippen LogP contribution in [0.5, 0.6) is 0 Å². The maximum absolute atomic E-state index is 12.6. The third kappa shape index (κ3) is 4.29. The average molecular weight is 332 g/mol. The fourth-order valence-electron chi connectivity index (χ4n) is 1.18. The first kappa shape index (κ1) is 14.5. The highest BCUT2D eigenvalue weighted by molar-refractivity contribution is 9.10. The van der Waals surface area contributed by atoms with Gasteiger partial charge in [-0.3, -0.25) is 0 Å². The minimum Gasteiger partial charge on any atom is -0.212 e. The van der Waals surface area contributed by atoms with Crippen molar-refractivity contribution in [2.24, 2.45) is 0 Å². The second kappa shape index (κ2) is 5.36. The van der Waals surface area contributed by atoms with E-state index in [9.17, 15) is 21.6 Å². The van der Waals surface area contributed by atoms with Crippen molar-refractivity contribution in [1.82, 2.24) is 4.72 Å². The van der Waals surface area contributed by atoms with Gasteiger partial charge in [-0.15, -0.1) is 0 Å². The molecule has 0 amide bonds. The Bertz CT molecular complexity index is 487. The number of hydrogen-bond acceptors (Lipinski definition) is 2. The molecule has 0 aliphatic carbocycles. The Morgan fingerprint density at radius 1 is 1.24 bits per heavy atom. The molecule has 0 saturated carbocycles.